The zero-order valence-corrected chi connectivity index (χ0v) is 16.3. The molecule has 2 rings (SSSR count). The summed E-state index contributed by atoms with van der Waals surface area (Å²) in [6, 6.07) is 7.24. The molecule has 28 heavy (non-hydrogen) atoms. The third-order valence-corrected chi connectivity index (χ3v) is 5.20. The number of benzene rings is 1. The summed E-state index contributed by atoms with van der Waals surface area (Å²) in [7, 11) is 0. The van der Waals surface area contributed by atoms with Gasteiger partial charge < -0.3 is 10.1 Å². The van der Waals surface area contributed by atoms with Crippen molar-refractivity contribution in [1.29, 1.82) is 0 Å². The number of carbonyl (C=O) groups excluding carboxylic acids is 3. The Morgan fingerprint density at radius 3 is 2.64 bits per heavy atom. The van der Waals surface area contributed by atoms with Crippen LogP contribution in [0.1, 0.15) is 25.3 Å². The maximum atomic E-state index is 12.0. The number of hydrogen-bond donors (Lipinski definition) is 1. The Labute approximate surface area is 167 Å². The minimum atomic E-state index is -0.721. The maximum Gasteiger partial charge on any atom is 0.307 e. The van der Waals surface area contributed by atoms with Crippen LogP contribution < -0.4 is 5.32 Å². The van der Waals surface area contributed by atoms with Crippen molar-refractivity contribution in [3.63, 3.8) is 0 Å². The number of ether oxygens (including phenoxy) is 1. The van der Waals surface area contributed by atoms with Crippen molar-refractivity contribution in [2.75, 3.05) is 19.7 Å². The number of rotatable bonds is 9. The molecule has 1 amide bonds. The minimum absolute atomic E-state index is 0.146. The molecule has 0 radical (unpaired) electrons. The zero-order valence-electron chi connectivity index (χ0n) is 15.6. The molecule has 0 aromatic heterocycles. The summed E-state index contributed by atoms with van der Waals surface area (Å²) in [4.78, 5) is 46.1. The van der Waals surface area contributed by atoms with Crippen molar-refractivity contribution in [3.8, 4) is 0 Å². The molecule has 8 nitrogen and oxygen atoms in total. The predicted molar refractivity (Wildman–Crippen MR) is 101 cm³/mol. The first-order valence-electron chi connectivity index (χ1n) is 9.07. The van der Waals surface area contributed by atoms with E-state index in [0.29, 0.717) is 18.0 Å². The summed E-state index contributed by atoms with van der Waals surface area (Å²) < 4.78 is 4.93. The summed E-state index contributed by atoms with van der Waals surface area (Å²) in [5.74, 6) is -2.66. The van der Waals surface area contributed by atoms with E-state index in [-0.39, 0.29) is 31.1 Å². The lowest BCUT2D eigenvalue weighted by molar-refractivity contribution is -0.490. The Balaban J connectivity index is 1.72. The van der Waals surface area contributed by atoms with E-state index in [4.69, 9.17) is 16.3 Å². The van der Waals surface area contributed by atoms with Gasteiger partial charge in [0, 0.05) is 34.7 Å². The smallest absolute Gasteiger partial charge is 0.307 e. The van der Waals surface area contributed by atoms with Crippen LogP contribution in [0.3, 0.4) is 0 Å². The molecule has 1 aliphatic carbocycles. The van der Waals surface area contributed by atoms with Gasteiger partial charge in [0.2, 0.25) is 6.54 Å². The highest BCUT2D eigenvalue weighted by atomic mass is 35.5. The Hall–Kier alpha value is -2.48. The Morgan fingerprint density at radius 2 is 2.00 bits per heavy atom. The average molecular weight is 411 g/mol. The molecule has 0 heterocycles. The molecular weight excluding hydrogens is 388 g/mol. The number of ketones is 1. The second kappa shape index (κ2) is 10.2. The van der Waals surface area contributed by atoms with E-state index in [1.54, 1.807) is 19.1 Å². The number of carbonyl (C=O) groups is 3. The molecular formula is C19H23ClN2O6. The van der Waals surface area contributed by atoms with Gasteiger partial charge in [0.1, 0.15) is 5.78 Å². The topological polar surface area (TPSA) is 116 Å². The molecule has 1 aliphatic rings. The molecule has 0 unspecified atom stereocenters. The Kier molecular flexibility index (Phi) is 7.92. The summed E-state index contributed by atoms with van der Waals surface area (Å²) in [6.07, 6.45) is 0.593. The van der Waals surface area contributed by atoms with Gasteiger partial charge in [-0.3, -0.25) is 24.5 Å². The van der Waals surface area contributed by atoms with E-state index in [9.17, 15) is 24.5 Å². The molecule has 3 atom stereocenters. The van der Waals surface area contributed by atoms with Gasteiger partial charge >= 0.3 is 5.97 Å². The molecule has 9 heteroatoms. The fraction of sp³-hybridized carbons (Fsp3) is 0.526. The van der Waals surface area contributed by atoms with Gasteiger partial charge in [0.15, 0.2) is 6.61 Å². The fourth-order valence-electron chi connectivity index (χ4n) is 3.43. The van der Waals surface area contributed by atoms with Crippen molar-refractivity contribution in [2.45, 2.75) is 26.2 Å². The van der Waals surface area contributed by atoms with Crippen LogP contribution in [-0.4, -0.2) is 42.3 Å². The van der Waals surface area contributed by atoms with E-state index < -0.39 is 35.2 Å². The normalized spacial score (nSPS) is 21.4. The molecule has 1 N–H and O–H groups in total. The first kappa shape index (κ1) is 21.8. The van der Waals surface area contributed by atoms with Gasteiger partial charge in [-0.05, 0) is 30.0 Å². The number of Topliss-reactive ketones (excluding diaryl/α,β-unsaturated/α-hetero) is 1. The van der Waals surface area contributed by atoms with Crippen LogP contribution in [-0.2, 0) is 25.5 Å². The van der Waals surface area contributed by atoms with Crippen LogP contribution >= 0.6 is 11.6 Å². The van der Waals surface area contributed by atoms with Gasteiger partial charge in [-0.1, -0.05) is 30.7 Å². The standard InChI is InChI=1S/C19H23ClN2O6/c1-12-8-17(23)15(16(12)10-22(26)27)9-19(25)28-11-18(24)21-7-6-13-2-4-14(20)5-3-13/h2-5,12,15-16H,6-11H2,1H3,(H,21,24)/t12-,15-,16-/m1/s1. The Bertz CT molecular complexity index is 736. The van der Waals surface area contributed by atoms with Gasteiger partial charge in [-0.25, -0.2) is 0 Å². The summed E-state index contributed by atoms with van der Waals surface area (Å²) in [6.45, 7) is 1.35. The van der Waals surface area contributed by atoms with Crippen molar-refractivity contribution in [2.24, 2.45) is 17.8 Å². The van der Waals surface area contributed by atoms with Crippen LogP contribution in [0.15, 0.2) is 24.3 Å². The van der Waals surface area contributed by atoms with E-state index in [2.05, 4.69) is 5.32 Å². The monoisotopic (exact) mass is 410 g/mol. The predicted octanol–water partition coefficient (Wildman–Crippen LogP) is 2.05. The lowest BCUT2D eigenvalue weighted by Crippen LogP contribution is -2.32. The first-order valence-corrected chi connectivity index (χ1v) is 9.45. The van der Waals surface area contributed by atoms with Crippen LogP contribution in [0.5, 0.6) is 0 Å². The van der Waals surface area contributed by atoms with Crippen molar-refractivity contribution in [1.82, 2.24) is 5.32 Å². The number of nitrogens with zero attached hydrogens (tertiary/aromatic N) is 1. The first-order chi connectivity index (χ1) is 13.3. The third-order valence-electron chi connectivity index (χ3n) is 4.94. The number of esters is 1. The molecule has 0 aliphatic heterocycles. The minimum Gasteiger partial charge on any atom is -0.456 e. The van der Waals surface area contributed by atoms with Gasteiger partial charge in [0.05, 0.1) is 6.42 Å². The lowest BCUT2D eigenvalue weighted by atomic mass is 9.88. The third kappa shape index (κ3) is 6.60. The van der Waals surface area contributed by atoms with Gasteiger partial charge in [-0.2, -0.15) is 0 Å². The number of halogens is 1. The maximum absolute atomic E-state index is 12.0. The average Bonchev–Trinajstić information content (AvgIpc) is 2.88. The molecule has 1 aromatic carbocycles. The van der Waals surface area contributed by atoms with Crippen LogP contribution in [0, 0.1) is 27.9 Å². The number of nitro groups is 1. The van der Waals surface area contributed by atoms with Crippen molar-refractivity contribution in [3.05, 3.63) is 45.0 Å². The molecule has 152 valence electrons. The molecule has 1 saturated carbocycles. The van der Waals surface area contributed by atoms with Gasteiger partial charge in [0.25, 0.3) is 5.91 Å². The molecule has 0 bridgehead atoms. The highest BCUT2D eigenvalue weighted by Gasteiger charge is 2.44. The largest absolute Gasteiger partial charge is 0.456 e. The van der Waals surface area contributed by atoms with Crippen LogP contribution in [0.2, 0.25) is 5.02 Å². The van der Waals surface area contributed by atoms with Crippen LogP contribution in [0.4, 0.5) is 0 Å². The highest BCUT2D eigenvalue weighted by Crippen LogP contribution is 2.36. The molecule has 1 fully saturated rings. The molecule has 0 spiro atoms. The highest BCUT2D eigenvalue weighted by molar-refractivity contribution is 6.30. The summed E-state index contributed by atoms with van der Waals surface area (Å²) in [5, 5.41) is 14.1. The molecule has 0 saturated heterocycles. The van der Waals surface area contributed by atoms with E-state index in [1.807, 2.05) is 12.1 Å². The van der Waals surface area contributed by atoms with E-state index in [1.165, 1.54) is 0 Å². The van der Waals surface area contributed by atoms with Crippen molar-refractivity contribution < 1.29 is 24.0 Å². The number of amides is 1. The SMILES string of the molecule is C[C@@H]1CC(=O)[C@H](CC(=O)OCC(=O)NCCc2ccc(Cl)cc2)[C@@H]1C[N+](=O)[O-]. The molecule has 1 aromatic rings. The summed E-state index contributed by atoms with van der Waals surface area (Å²) in [5.41, 5.74) is 1.01. The number of hydrogen-bond acceptors (Lipinski definition) is 6. The second-order valence-electron chi connectivity index (χ2n) is 7.02. The summed E-state index contributed by atoms with van der Waals surface area (Å²) >= 11 is 5.81. The van der Waals surface area contributed by atoms with Crippen LogP contribution in [0.25, 0.3) is 0 Å². The lowest BCUT2D eigenvalue weighted by Gasteiger charge is -2.17. The fourth-order valence-corrected chi connectivity index (χ4v) is 3.56. The number of nitrogens with one attached hydrogen (secondary N) is 1. The Morgan fingerprint density at radius 1 is 1.32 bits per heavy atom. The quantitative estimate of drug-likeness (QED) is 0.378. The zero-order chi connectivity index (χ0) is 20.7. The van der Waals surface area contributed by atoms with Gasteiger partial charge in [-0.15, -0.1) is 0 Å². The van der Waals surface area contributed by atoms with Crippen molar-refractivity contribution >= 4 is 29.3 Å². The van der Waals surface area contributed by atoms with E-state index in [0.717, 1.165) is 5.56 Å². The second-order valence-corrected chi connectivity index (χ2v) is 7.46. The van der Waals surface area contributed by atoms with E-state index >= 15 is 0 Å².